The van der Waals surface area contributed by atoms with Crippen LogP contribution < -0.4 is 0 Å². The van der Waals surface area contributed by atoms with Crippen LogP contribution in [-0.4, -0.2) is 11.6 Å². The molecule has 92 valence electrons. The fraction of sp³-hybridized carbons (Fsp3) is 0.857. The molecule has 0 amide bonds. The molecule has 0 heterocycles. The van der Waals surface area contributed by atoms with Gasteiger partial charge in [-0.1, -0.05) is 20.3 Å². The van der Waals surface area contributed by atoms with E-state index < -0.39 is 0 Å². The van der Waals surface area contributed by atoms with E-state index in [-0.39, 0.29) is 11.2 Å². The zero-order valence-electron chi connectivity index (χ0n) is 10.8. The van der Waals surface area contributed by atoms with Crippen LogP contribution >= 0.6 is 0 Å². The van der Waals surface area contributed by atoms with E-state index in [0.29, 0.717) is 18.1 Å². The van der Waals surface area contributed by atoms with Crippen molar-refractivity contribution in [2.45, 2.75) is 65.7 Å². The van der Waals surface area contributed by atoms with Gasteiger partial charge in [-0.3, -0.25) is 4.79 Å². The molecule has 0 aromatic rings. The highest BCUT2D eigenvalue weighted by Gasteiger charge is 2.41. The molecule has 2 nitrogen and oxygen atoms in total. The quantitative estimate of drug-likeness (QED) is 0.716. The highest BCUT2D eigenvalue weighted by molar-refractivity contribution is 5.85. The van der Waals surface area contributed by atoms with Gasteiger partial charge in [-0.2, -0.15) is 0 Å². The summed E-state index contributed by atoms with van der Waals surface area (Å²) in [6.07, 6.45) is 6.45. The van der Waals surface area contributed by atoms with E-state index in [4.69, 9.17) is 0 Å². The van der Waals surface area contributed by atoms with Crippen molar-refractivity contribution in [3.63, 3.8) is 0 Å². The van der Waals surface area contributed by atoms with Crippen LogP contribution in [0.2, 0.25) is 0 Å². The molecule has 0 radical (unpaired) electrons. The zero-order chi connectivity index (χ0) is 12.2. The van der Waals surface area contributed by atoms with E-state index in [1.807, 2.05) is 0 Å². The number of Topliss-reactive ketones (excluding diaryl/α,β-unsaturated/α-hetero) is 2. The molecule has 0 aromatic heterocycles. The van der Waals surface area contributed by atoms with Crippen molar-refractivity contribution < 1.29 is 9.59 Å². The Morgan fingerprint density at radius 1 is 1.50 bits per heavy atom. The van der Waals surface area contributed by atoms with Crippen molar-refractivity contribution in [1.82, 2.24) is 0 Å². The Morgan fingerprint density at radius 2 is 2.19 bits per heavy atom. The third-order valence-corrected chi connectivity index (χ3v) is 4.21. The molecule has 0 aromatic carbocycles. The van der Waals surface area contributed by atoms with Crippen molar-refractivity contribution in [3.05, 3.63) is 0 Å². The minimum absolute atomic E-state index is 0.150. The van der Waals surface area contributed by atoms with E-state index in [1.54, 1.807) is 6.92 Å². The highest BCUT2D eigenvalue weighted by Crippen LogP contribution is 2.43. The first-order valence-corrected chi connectivity index (χ1v) is 6.53. The van der Waals surface area contributed by atoms with Crippen LogP contribution in [0.3, 0.4) is 0 Å². The van der Waals surface area contributed by atoms with E-state index in [9.17, 15) is 9.59 Å². The maximum Gasteiger partial charge on any atom is 0.139 e. The second kappa shape index (κ2) is 5.60. The Labute approximate surface area is 98.8 Å². The zero-order valence-corrected chi connectivity index (χ0v) is 10.8. The number of hydrogen-bond donors (Lipinski definition) is 0. The van der Waals surface area contributed by atoms with Gasteiger partial charge in [-0.25, -0.2) is 0 Å². The summed E-state index contributed by atoms with van der Waals surface area (Å²) in [6, 6.07) is 0. The molecular weight excluding hydrogens is 200 g/mol. The van der Waals surface area contributed by atoms with E-state index >= 15 is 0 Å². The first kappa shape index (κ1) is 13.4. The first-order valence-electron chi connectivity index (χ1n) is 6.53. The summed E-state index contributed by atoms with van der Waals surface area (Å²) in [6.45, 7) is 5.91. The maximum atomic E-state index is 12.1. The lowest BCUT2D eigenvalue weighted by Crippen LogP contribution is -2.39. The second-order valence-electron chi connectivity index (χ2n) is 5.39. The minimum Gasteiger partial charge on any atom is -0.300 e. The van der Waals surface area contributed by atoms with Gasteiger partial charge in [-0.05, 0) is 38.5 Å². The van der Waals surface area contributed by atoms with Crippen molar-refractivity contribution in [1.29, 1.82) is 0 Å². The van der Waals surface area contributed by atoms with Gasteiger partial charge in [-0.15, -0.1) is 0 Å². The van der Waals surface area contributed by atoms with Crippen LogP contribution in [-0.2, 0) is 9.59 Å². The summed E-state index contributed by atoms with van der Waals surface area (Å²) in [5.74, 6) is 1.19. The van der Waals surface area contributed by atoms with E-state index in [0.717, 1.165) is 32.1 Å². The second-order valence-corrected chi connectivity index (χ2v) is 5.39. The van der Waals surface area contributed by atoms with Gasteiger partial charge in [0.25, 0.3) is 0 Å². The van der Waals surface area contributed by atoms with Crippen molar-refractivity contribution >= 4 is 11.6 Å². The average molecular weight is 224 g/mol. The van der Waals surface area contributed by atoms with Crippen LogP contribution in [0.5, 0.6) is 0 Å². The first-order chi connectivity index (χ1) is 7.50. The van der Waals surface area contributed by atoms with Gasteiger partial charge >= 0.3 is 0 Å². The van der Waals surface area contributed by atoms with Gasteiger partial charge in [0.1, 0.15) is 11.6 Å². The minimum atomic E-state index is -0.150. The lowest BCUT2D eigenvalue weighted by atomic mass is 9.63. The predicted octanol–water partition coefficient (Wildman–Crippen LogP) is 3.53. The third-order valence-electron chi connectivity index (χ3n) is 4.21. The molecule has 1 saturated carbocycles. The van der Waals surface area contributed by atoms with Crippen LogP contribution in [0.25, 0.3) is 0 Å². The molecule has 16 heavy (non-hydrogen) atoms. The normalized spacial score (nSPS) is 30.4. The Bertz CT molecular complexity index is 270. The summed E-state index contributed by atoms with van der Waals surface area (Å²) in [5, 5.41) is 0. The summed E-state index contributed by atoms with van der Waals surface area (Å²) in [4.78, 5) is 23.0. The van der Waals surface area contributed by atoms with Crippen molar-refractivity contribution in [2.24, 2.45) is 11.3 Å². The lowest BCUT2D eigenvalue weighted by Gasteiger charge is -2.40. The third kappa shape index (κ3) is 2.93. The lowest BCUT2D eigenvalue weighted by molar-refractivity contribution is -0.135. The molecule has 1 aliphatic rings. The predicted molar refractivity (Wildman–Crippen MR) is 65.3 cm³/mol. The molecule has 0 saturated heterocycles. The van der Waals surface area contributed by atoms with Crippen LogP contribution in [0.1, 0.15) is 65.7 Å². The average Bonchev–Trinajstić information content (AvgIpc) is 2.22. The van der Waals surface area contributed by atoms with Crippen molar-refractivity contribution in [3.8, 4) is 0 Å². The SMILES string of the molecule is CC[C@@H]1CCCC(=O)[C@]1(C)CCCC(C)=O. The Balaban J connectivity index is 2.61. The van der Waals surface area contributed by atoms with Gasteiger partial charge in [0.15, 0.2) is 0 Å². The Morgan fingerprint density at radius 3 is 2.75 bits per heavy atom. The molecule has 1 rings (SSSR count). The molecule has 0 aliphatic heterocycles. The molecule has 1 aliphatic carbocycles. The largest absolute Gasteiger partial charge is 0.300 e. The molecule has 0 spiro atoms. The van der Waals surface area contributed by atoms with E-state index in [2.05, 4.69) is 13.8 Å². The fourth-order valence-corrected chi connectivity index (χ4v) is 3.04. The highest BCUT2D eigenvalue weighted by atomic mass is 16.1. The number of ketones is 2. The van der Waals surface area contributed by atoms with Crippen LogP contribution in [0.4, 0.5) is 0 Å². The number of rotatable bonds is 5. The van der Waals surface area contributed by atoms with Crippen molar-refractivity contribution in [2.75, 3.05) is 0 Å². The van der Waals surface area contributed by atoms with Gasteiger partial charge in [0.2, 0.25) is 0 Å². The van der Waals surface area contributed by atoms with Gasteiger partial charge < -0.3 is 4.79 Å². The summed E-state index contributed by atoms with van der Waals surface area (Å²) < 4.78 is 0. The number of hydrogen-bond acceptors (Lipinski definition) is 2. The standard InChI is InChI=1S/C14H24O2/c1-4-12-8-5-9-13(16)14(12,3)10-6-7-11(2)15/h12H,4-10H2,1-3H3/t12-,14-/m1/s1. The van der Waals surface area contributed by atoms with Gasteiger partial charge in [0.05, 0.1) is 0 Å². The van der Waals surface area contributed by atoms with E-state index in [1.165, 1.54) is 6.42 Å². The molecule has 2 atom stereocenters. The molecule has 1 fully saturated rings. The topological polar surface area (TPSA) is 34.1 Å². The number of carbonyl (C=O) groups is 2. The summed E-state index contributed by atoms with van der Waals surface area (Å²) >= 11 is 0. The Hall–Kier alpha value is -0.660. The Kier molecular flexibility index (Phi) is 4.69. The summed E-state index contributed by atoms with van der Waals surface area (Å²) in [5.41, 5.74) is -0.150. The molecule has 0 bridgehead atoms. The van der Waals surface area contributed by atoms with Crippen LogP contribution in [0, 0.1) is 11.3 Å². The summed E-state index contributed by atoms with van der Waals surface area (Å²) in [7, 11) is 0. The fourth-order valence-electron chi connectivity index (χ4n) is 3.04. The molecular formula is C14H24O2. The smallest absolute Gasteiger partial charge is 0.139 e. The van der Waals surface area contributed by atoms with Gasteiger partial charge in [0, 0.05) is 18.3 Å². The monoisotopic (exact) mass is 224 g/mol. The maximum absolute atomic E-state index is 12.1. The number of carbonyl (C=O) groups excluding carboxylic acids is 2. The molecule has 2 heteroatoms. The van der Waals surface area contributed by atoms with Crippen LogP contribution in [0.15, 0.2) is 0 Å². The molecule has 0 N–H and O–H groups in total. The molecule has 0 unspecified atom stereocenters.